The molecule has 1 aliphatic carbocycles. The number of sulfone groups is 1. The van der Waals surface area contributed by atoms with Crippen molar-refractivity contribution in [3.63, 3.8) is 0 Å². The molecule has 1 unspecified atom stereocenters. The summed E-state index contributed by atoms with van der Waals surface area (Å²) in [6.07, 6.45) is 0.571. The molecule has 0 fully saturated rings. The van der Waals surface area contributed by atoms with E-state index in [4.69, 9.17) is 5.11 Å². The lowest BCUT2D eigenvalue weighted by molar-refractivity contribution is 0.282. The number of rotatable bonds is 4. The predicted molar refractivity (Wildman–Crippen MR) is 82.4 cm³/mol. The van der Waals surface area contributed by atoms with Crippen LogP contribution < -0.4 is 0 Å². The molecule has 0 spiro atoms. The van der Waals surface area contributed by atoms with Crippen molar-refractivity contribution in [2.45, 2.75) is 30.5 Å². The number of aliphatic hydroxyl groups is 1. The van der Waals surface area contributed by atoms with Gasteiger partial charge in [-0.2, -0.15) is 0 Å². The summed E-state index contributed by atoms with van der Waals surface area (Å²) in [6, 6.07) is 8.53. The molecule has 2 aromatic rings. The average molecular weight is 338 g/mol. The fourth-order valence-electron chi connectivity index (χ4n) is 3.05. The molecule has 1 N–H and O–H groups in total. The molecule has 122 valence electrons. The molecule has 0 saturated carbocycles. The first-order chi connectivity index (χ1) is 10.9. The fraction of sp³-hybridized carbons (Fsp3) is 0.294. The molecule has 23 heavy (non-hydrogen) atoms. The van der Waals surface area contributed by atoms with E-state index >= 15 is 0 Å². The highest BCUT2D eigenvalue weighted by Gasteiger charge is 2.35. The Labute approximate surface area is 133 Å². The van der Waals surface area contributed by atoms with Gasteiger partial charge in [0, 0.05) is 6.07 Å². The third-order valence-corrected chi connectivity index (χ3v) is 6.30. The maximum Gasteiger partial charge on any atom is 0.161 e. The third-order valence-electron chi connectivity index (χ3n) is 4.21. The van der Waals surface area contributed by atoms with Gasteiger partial charge >= 0.3 is 0 Å². The predicted octanol–water partition coefficient (Wildman–Crippen LogP) is 3.06. The standard InChI is InChI=1S/C17H16F2O3S/c18-13-7-15-14(16(19)8-13)5-6-17(15)23(21,22)10-12-3-1-11(9-20)2-4-12/h1-4,7-8,17,20H,5-6,9-10H2. The molecule has 0 saturated heterocycles. The molecule has 0 aliphatic heterocycles. The minimum Gasteiger partial charge on any atom is -0.392 e. The average Bonchev–Trinajstić information content (AvgIpc) is 2.92. The summed E-state index contributed by atoms with van der Waals surface area (Å²) in [4.78, 5) is 0. The van der Waals surface area contributed by atoms with Gasteiger partial charge in [0.15, 0.2) is 9.84 Å². The zero-order valence-corrected chi connectivity index (χ0v) is 13.1. The Bertz CT molecular complexity index is 830. The first kappa shape index (κ1) is 16.1. The van der Waals surface area contributed by atoms with E-state index in [1.807, 2.05) is 0 Å². The van der Waals surface area contributed by atoms with E-state index in [1.165, 1.54) is 0 Å². The lowest BCUT2D eigenvalue weighted by Gasteiger charge is -2.14. The van der Waals surface area contributed by atoms with Crippen LogP contribution in [-0.2, 0) is 28.6 Å². The van der Waals surface area contributed by atoms with Crippen molar-refractivity contribution in [3.05, 3.63) is 70.3 Å². The highest BCUT2D eigenvalue weighted by Crippen LogP contribution is 2.40. The van der Waals surface area contributed by atoms with E-state index in [1.54, 1.807) is 24.3 Å². The van der Waals surface area contributed by atoms with Crippen molar-refractivity contribution in [1.29, 1.82) is 0 Å². The second-order valence-corrected chi connectivity index (χ2v) is 7.95. The van der Waals surface area contributed by atoms with Crippen LogP contribution in [0.15, 0.2) is 36.4 Å². The van der Waals surface area contributed by atoms with Crippen LogP contribution in [0.5, 0.6) is 0 Å². The Morgan fingerprint density at radius 3 is 2.39 bits per heavy atom. The molecule has 1 atom stereocenters. The van der Waals surface area contributed by atoms with Crippen molar-refractivity contribution in [2.24, 2.45) is 0 Å². The van der Waals surface area contributed by atoms with E-state index in [0.29, 0.717) is 23.1 Å². The summed E-state index contributed by atoms with van der Waals surface area (Å²) in [5.74, 6) is -1.62. The summed E-state index contributed by atoms with van der Waals surface area (Å²) in [7, 11) is -3.58. The number of hydrogen-bond donors (Lipinski definition) is 1. The van der Waals surface area contributed by atoms with Gasteiger partial charge in [0.2, 0.25) is 0 Å². The Balaban J connectivity index is 1.90. The first-order valence-corrected chi connectivity index (χ1v) is 9.00. The summed E-state index contributed by atoms with van der Waals surface area (Å²) >= 11 is 0. The highest BCUT2D eigenvalue weighted by atomic mass is 32.2. The Morgan fingerprint density at radius 1 is 1.09 bits per heavy atom. The van der Waals surface area contributed by atoms with Gasteiger partial charge < -0.3 is 5.11 Å². The molecule has 0 amide bonds. The maximum atomic E-state index is 13.8. The van der Waals surface area contributed by atoms with Crippen molar-refractivity contribution < 1.29 is 22.3 Å². The third kappa shape index (κ3) is 3.14. The van der Waals surface area contributed by atoms with E-state index in [2.05, 4.69) is 0 Å². The number of halogens is 2. The smallest absolute Gasteiger partial charge is 0.161 e. The minimum absolute atomic E-state index is 0.110. The lowest BCUT2D eigenvalue weighted by Crippen LogP contribution is -2.13. The molecule has 0 bridgehead atoms. The Kier molecular flexibility index (Phi) is 4.21. The van der Waals surface area contributed by atoms with Gasteiger partial charge in [0.1, 0.15) is 11.6 Å². The van der Waals surface area contributed by atoms with E-state index in [-0.39, 0.29) is 24.3 Å². The molecule has 3 rings (SSSR count). The second-order valence-electron chi connectivity index (χ2n) is 5.76. The molecular weight excluding hydrogens is 322 g/mol. The SMILES string of the molecule is O=S(=O)(Cc1ccc(CO)cc1)C1CCc2c(F)cc(F)cc21. The minimum atomic E-state index is -3.58. The molecule has 0 aromatic heterocycles. The van der Waals surface area contributed by atoms with Crippen LogP contribution in [0, 0.1) is 11.6 Å². The Hall–Kier alpha value is -1.79. The monoisotopic (exact) mass is 338 g/mol. The van der Waals surface area contributed by atoms with Crippen molar-refractivity contribution in [2.75, 3.05) is 0 Å². The summed E-state index contributed by atoms with van der Waals surface area (Å²) < 4.78 is 52.5. The zero-order valence-electron chi connectivity index (χ0n) is 12.3. The van der Waals surface area contributed by atoms with Crippen LogP contribution in [0.4, 0.5) is 8.78 Å². The molecular formula is C17H16F2O3S. The van der Waals surface area contributed by atoms with Crippen LogP contribution >= 0.6 is 0 Å². The quantitative estimate of drug-likeness (QED) is 0.932. The number of fused-ring (bicyclic) bond motifs is 1. The van der Waals surface area contributed by atoms with E-state index < -0.39 is 26.7 Å². The molecule has 6 heteroatoms. The molecule has 2 aromatic carbocycles. The first-order valence-electron chi connectivity index (χ1n) is 7.29. The van der Waals surface area contributed by atoms with E-state index in [9.17, 15) is 17.2 Å². The molecule has 0 heterocycles. The number of hydrogen-bond acceptors (Lipinski definition) is 3. The fourth-order valence-corrected chi connectivity index (χ4v) is 4.98. The largest absolute Gasteiger partial charge is 0.392 e. The van der Waals surface area contributed by atoms with Gasteiger partial charge in [0.25, 0.3) is 0 Å². The summed E-state index contributed by atoms with van der Waals surface area (Å²) in [5.41, 5.74) is 1.83. The normalized spacial score (nSPS) is 17.3. The van der Waals surface area contributed by atoms with Crippen molar-refractivity contribution in [3.8, 4) is 0 Å². The van der Waals surface area contributed by atoms with Crippen LogP contribution in [0.1, 0.15) is 33.9 Å². The van der Waals surface area contributed by atoms with Crippen LogP contribution in [0.3, 0.4) is 0 Å². The summed E-state index contributed by atoms with van der Waals surface area (Å²) in [5, 5.41) is 8.13. The molecule has 0 radical (unpaired) electrons. The molecule has 3 nitrogen and oxygen atoms in total. The Morgan fingerprint density at radius 2 is 1.74 bits per heavy atom. The van der Waals surface area contributed by atoms with Crippen LogP contribution in [-0.4, -0.2) is 13.5 Å². The number of aliphatic hydroxyl groups excluding tert-OH is 1. The van der Waals surface area contributed by atoms with Crippen molar-refractivity contribution in [1.82, 2.24) is 0 Å². The van der Waals surface area contributed by atoms with Gasteiger partial charge in [-0.3, -0.25) is 0 Å². The summed E-state index contributed by atoms with van der Waals surface area (Å²) in [6.45, 7) is -0.110. The van der Waals surface area contributed by atoms with E-state index in [0.717, 1.165) is 12.1 Å². The number of benzene rings is 2. The molecule has 1 aliphatic rings. The van der Waals surface area contributed by atoms with Crippen molar-refractivity contribution >= 4 is 9.84 Å². The van der Waals surface area contributed by atoms with Gasteiger partial charge in [-0.15, -0.1) is 0 Å². The topological polar surface area (TPSA) is 54.4 Å². The van der Waals surface area contributed by atoms with Gasteiger partial charge in [0.05, 0.1) is 17.6 Å². The zero-order chi connectivity index (χ0) is 16.6. The highest BCUT2D eigenvalue weighted by molar-refractivity contribution is 7.90. The van der Waals surface area contributed by atoms with Gasteiger partial charge in [-0.25, -0.2) is 17.2 Å². The van der Waals surface area contributed by atoms with Crippen LogP contribution in [0.2, 0.25) is 0 Å². The van der Waals surface area contributed by atoms with Crippen LogP contribution in [0.25, 0.3) is 0 Å². The van der Waals surface area contributed by atoms with Gasteiger partial charge in [-0.1, -0.05) is 24.3 Å². The lowest BCUT2D eigenvalue weighted by atomic mass is 10.1. The second kappa shape index (κ2) is 6.02. The van der Waals surface area contributed by atoms with Gasteiger partial charge in [-0.05, 0) is 41.2 Å². The maximum absolute atomic E-state index is 13.8.